The molecule has 1 saturated heterocycles. The Labute approximate surface area is 165 Å². The summed E-state index contributed by atoms with van der Waals surface area (Å²) in [6, 6.07) is 5.39. The van der Waals surface area contributed by atoms with E-state index in [1.54, 1.807) is 12.1 Å². The molecule has 0 aromatic heterocycles. The van der Waals surface area contributed by atoms with E-state index < -0.39 is 11.7 Å². The van der Waals surface area contributed by atoms with Crippen molar-refractivity contribution in [2.75, 3.05) is 18.4 Å². The fraction of sp³-hybridized carbons (Fsp3) is 0.571. The summed E-state index contributed by atoms with van der Waals surface area (Å²) in [5.41, 5.74) is 1.85. The van der Waals surface area contributed by atoms with Crippen LogP contribution >= 0.6 is 0 Å². The SMILES string of the molecule is CC(C)(C)OC(=O)NC[C@@H]1CCCCN1C(=O)c1ccc2c(c1)CCC(=O)N2. The summed E-state index contributed by atoms with van der Waals surface area (Å²) in [6.07, 6.45) is 3.46. The predicted octanol–water partition coefficient (Wildman–Crippen LogP) is 3.09. The van der Waals surface area contributed by atoms with Crippen molar-refractivity contribution in [3.8, 4) is 0 Å². The van der Waals surface area contributed by atoms with Crippen LogP contribution in [0.4, 0.5) is 10.5 Å². The lowest BCUT2D eigenvalue weighted by atomic mass is 9.97. The topological polar surface area (TPSA) is 87.7 Å². The third-order valence-corrected chi connectivity index (χ3v) is 5.02. The molecule has 1 atom stereocenters. The number of carbonyl (C=O) groups is 3. The van der Waals surface area contributed by atoms with Gasteiger partial charge in [0.2, 0.25) is 5.91 Å². The van der Waals surface area contributed by atoms with Gasteiger partial charge < -0.3 is 20.3 Å². The van der Waals surface area contributed by atoms with Gasteiger partial charge in [0, 0.05) is 36.8 Å². The second-order valence-electron chi connectivity index (χ2n) is 8.45. The minimum atomic E-state index is -0.551. The number of hydrogen-bond donors (Lipinski definition) is 2. The highest BCUT2D eigenvalue weighted by Gasteiger charge is 2.29. The van der Waals surface area contributed by atoms with Gasteiger partial charge in [-0.3, -0.25) is 9.59 Å². The van der Waals surface area contributed by atoms with Crippen LogP contribution in [0.1, 0.15) is 62.4 Å². The first kappa shape index (κ1) is 20.2. The zero-order valence-electron chi connectivity index (χ0n) is 16.8. The molecule has 2 heterocycles. The monoisotopic (exact) mass is 387 g/mol. The molecule has 2 aliphatic heterocycles. The van der Waals surface area contributed by atoms with Gasteiger partial charge in [0.25, 0.3) is 5.91 Å². The van der Waals surface area contributed by atoms with Gasteiger partial charge in [-0.2, -0.15) is 0 Å². The van der Waals surface area contributed by atoms with Crippen LogP contribution in [0.2, 0.25) is 0 Å². The van der Waals surface area contributed by atoms with E-state index in [2.05, 4.69) is 10.6 Å². The zero-order valence-corrected chi connectivity index (χ0v) is 16.8. The number of carbonyl (C=O) groups excluding carboxylic acids is 3. The lowest BCUT2D eigenvalue weighted by Crippen LogP contribution is -2.50. The average Bonchev–Trinajstić information content (AvgIpc) is 2.64. The summed E-state index contributed by atoms with van der Waals surface area (Å²) >= 11 is 0. The molecule has 0 saturated carbocycles. The van der Waals surface area contributed by atoms with E-state index in [9.17, 15) is 14.4 Å². The first-order valence-corrected chi connectivity index (χ1v) is 9.93. The number of rotatable bonds is 3. The molecule has 28 heavy (non-hydrogen) atoms. The van der Waals surface area contributed by atoms with Crippen molar-refractivity contribution in [1.29, 1.82) is 0 Å². The van der Waals surface area contributed by atoms with Crippen molar-refractivity contribution in [2.24, 2.45) is 0 Å². The van der Waals surface area contributed by atoms with Crippen LogP contribution in [0.25, 0.3) is 0 Å². The summed E-state index contributed by atoms with van der Waals surface area (Å²) in [7, 11) is 0. The first-order chi connectivity index (χ1) is 13.2. The average molecular weight is 387 g/mol. The van der Waals surface area contributed by atoms with E-state index in [0.29, 0.717) is 31.5 Å². The van der Waals surface area contributed by atoms with Gasteiger partial charge in [0.05, 0.1) is 0 Å². The Morgan fingerprint density at radius 1 is 1.25 bits per heavy atom. The van der Waals surface area contributed by atoms with Crippen molar-refractivity contribution in [3.63, 3.8) is 0 Å². The Balaban J connectivity index is 1.67. The summed E-state index contributed by atoms with van der Waals surface area (Å²) < 4.78 is 5.29. The molecular formula is C21H29N3O4. The molecule has 0 aliphatic carbocycles. The largest absolute Gasteiger partial charge is 0.444 e. The second kappa shape index (κ2) is 8.20. The number of nitrogens with zero attached hydrogens (tertiary/aromatic N) is 1. The van der Waals surface area contributed by atoms with Gasteiger partial charge in [-0.25, -0.2) is 4.79 Å². The van der Waals surface area contributed by atoms with Crippen molar-refractivity contribution < 1.29 is 19.1 Å². The van der Waals surface area contributed by atoms with Crippen molar-refractivity contribution in [2.45, 2.75) is 64.5 Å². The quantitative estimate of drug-likeness (QED) is 0.834. The maximum absolute atomic E-state index is 13.1. The molecule has 3 amide bonds. The first-order valence-electron chi connectivity index (χ1n) is 9.93. The highest BCUT2D eigenvalue weighted by molar-refractivity contribution is 5.98. The van der Waals surface area contributed by atoms with Crippen LogP contribution in [0.3, 0.4) is 0 Å². The molecule has 2 aliphatic rings. The number of fused-ring (bicyclic) bond motifs is 1. The number of ether oxygens (including phenoxy) is 1. The molecule has 1 fully saturated rings. The maximum Gasteiger partial charge on any atom is 0.407 e. The van der Waals surface area contributed by atoms with E-state index in [-0.39, 0.29) is 17.9 Å². The Morgan fingerprint density at radius 3 is 2.79 bits per heavy atom. The number of anilines is 1. The molecule has 1 aromatic carbocycles. The molecular weight excluding hydrogens is 358 g/mol. The highest BCUT2D eigenvalue weighted by atomic mass is 16.6. The van der Waals surface area contributed by atoms with Gasteiger partial charge >= 0.3 is 6.09 Å². The van der Waals surface area contributed by atoms with Crippen LogP contribution in [-0.2, 0) is 16.0 Å². The molecule has 3 rings (SSSR count). The third-order valence-electron chi connectivity index (χ3n) is 5.02. The fourth-order valence-corrected chi connectivity index (χ4v) is 3.68. The number of alkyl carbamates (subject to hydrolysis) is 1. The fourth-order valence-electron chi connectivity index (χ4n) is 3.68. The number of aryl methyl sites for hydroxylation is 1. The lowest BCUT2D eigenvalue weighted by Gasteiger charge is -2.36. The van der Waals surface area contributed by atoms with Gasteiger partial charge in [0.15, 0.2) is 0 Å². The number of benzene rings is 1. The van der Waals surface area contributed by atoms with Crippen LogP contribution < -0.4 is 10.6 Å². The molecule has 7 nitrogen and oxygen atoms in total. The molecule has 1 aromatic rings. The number of piperidine rings is 1. The van der Waals surface area contributed by atoms with Gasteiger partial charge in [-0.1, -0.05) is 0 Å². The standard InChI is InChI=1S/C21H29N3O4/c1-21(2,3)28-20(27)22-13-16-6-4-5-11-24(16)19(26)15-7-9-17-14(12-15)8-10-18(25)23-17/h7,9,12,16H,4-6,8,10-11,13H2,1-3H3,(H,22,27)(H,23,25)/t16-/m0/s1. The van der Waals surface area contributed by atoms with E-state index in [1.807, 2.05) is 31.7 Å². The smallest absolute Gasteiger partial charge is 0.407 e. The predicted molar refractivity (Wildman–Crippen MR) is 106 cm³/mol. The van der Waals surface area contributed by atoms with Gasteiger partial charge in [-0.05, 0) is 70.2 Å². The van der Waals surface area contributed by atoms with E-state index in [1.165, 1.54) is 0 Å². The Kier molecular flexibility index (Phi) is 5.91. The zero-order chi connectivity index (χ0) is 20.3. The van der Waals surface area contributed by atoms with Crippen LogP contribution in [-0.4, -0.2) is 47.5 Å². The highest BCUT2D eigenvalue weighted by Crippen LogP contribution is 2.26. The van der Waals surface area contributed by atoms with Crippen LogP contribution in [0.5, 0.6) is 0 Å². The summed E-state index contributed by atoms with van der Waals surface area (Å²) in [5.74, 6) is -0.0220. The minimum Gasteiger partial charge on any atom is -0.444 e. The van der Waals surface area contributed by atoms with E-state index in [4.69, 9.17) is 4.74 Å². The number of amides is 3. The number of hydrogen-bond acceptors (Lipinski definition) is 4. The number of likely N-dealkylation sites (tertiary alicyclic amines) is 1. The van der Waals surface area contributed by atoms with Gasteiger partial charge in [-0.15, -0.1) is 0 Å². The summed E-state index contributed by atoms with van der Waals surface area (Å²) in [5, 5.41) is 5.64. The van der Waals surface area contributed by atoms with Crippen LogP contribution in [0.15, 0.2) is 18.2 Å². The Hall–Kier alpha value is -2.57. The van der Waals surface area contributed by atoms with Crippen molar-refractivity contribution >= 4 is 23.6 Å². The lowest BCUT2D eigenvalue weighted by molar-refractivity contribution is -0.116. The van der Waals surface area contributed by atoms with Crippen molar-refractivity contribution in [1.82, 2.24) is 10.2 Å². The third kappa shape index (κ3) is 5.03. The molecule has 7 heteroatoms. The Bertz CT molecular complexity index is 769. The maximum atomic E-state index is 13.1. The normalized spacial score (nSPS) is 19.5. The minimum absolute atomic E-state index is 0.0101. The van der Waals surface area contributed by atoms with Gasteiger partial charge in [0.1, 0.15) is 5.60 Å². The molecule has 2 N–H and O–H groups in total. The van der Waals surface area contributed by atoms with E-state index >= 15 is 0 Å². The second-order valence-corrected chi connectivity index (χ2v) is 8.45. The summed E-state index contributed by atoms with van der Waals surface area (Å²) in [6.45, 7) is 6.51. The van der Waals surface area contributed by atoms with Crippen molar-refractivity contribution in [3.05, 3.63) is 29.3 Å². The molecule has 0 bridgehead atoms. The van der Waals surface area contributed by atoms with Crippen LogP contribution in [0, 0.1) is 0 Å². The number of nitrogens with one attached hydrogen (secondary N) is 2. The summed E-state index contributed by atoms with van der Waals surface area (Å²) in [4.78, 5) is 38.5. The Morgan fingerprint density at radius 2 is 2.04 bits per heavy atom. The van der Waals surface area contributed by atoms with E-state index in [0.717, 1.165) is 30.5 Å². The molecule has 0 radical (unpaired) electrons. The molecule has 0 unspecified atom stereocenters. The molecule has 0 spiro atoms. The molecule has 152 valence electrons.